The quantitative estimate of drug-likeness (QED) is 0.0388. The minimum absolute atomic E-state index is 0.0519. The number of aliphatic hydroxyl groups excluding tert-OH is 1. The number of benzene rings is 4. The monoisotopic (exact) mass is 992 g/mol. The fourth-order valence-corrected chi connectivity index (χ4v) is 10.2. The van der Waals surface area contributed by atoms with Gasteiger partial charge < -0.3 is 54.7 Å². The molecule has 9 N–H and O–H groups in total. The maximum Gasteiger partial charge on any atom is 0.490 e. The highest BCUT2D eigenvalue weighted by Gasteiger charge is 2.43. The minimum Gasteiger partial charge on any atom is -0.508 e. The molecule has 8 rings (SSSR count). The second-order valence-electron chi connectivity index (χ2n) is 14.8. The van der Waals surface area contributed by atoms with Gasteiger partial charge in [0.15, 0.2) is 22.4 Å². The minimum atomic E-state index is -5.74. The number of phosphoric acid groups is 3. The first kappa shape index (κ1) is 47.8. The van der Waals surface area contributed by atoms with E-state index in [-0.39, 0.29) is 58.7 Å². The molecule has 5 aromatic rings. The molecular formula is C41H35N6O18P3. The Balaban J connectivity index is 0.878. The number of carbonyl (C=O) groups excluding carboxylic acids is 1. The molecule has 352 valence electrons. The van der Waals surface area contributed by atoms with Crippen molar-refractivity contribution in [3.05, 3.63) is 124 Å². The van der Waals surface area contributed by atoms with Gasteiger partial charge in [-0.15, -0.1) is 0 Å². The molecule has 0 saturated carbocycles. The van der Waals surface area contributed by atoms with E-state index in [1.807, 2.05) is 12.1 Å². The molecule has 2 aromatic heterocycles. The van der Waals surface area contributed by atoms with Crippen LogP contribution in [0, 0.1) is 11.8 Å². The van der Waals surface area contributed by atoms with Crippen LogP contribution in [0.15, 0.2) is 101 Å². The maximum absolute atomic E-state index is 13.3. The number of phenols is 1. The normalized spacial score (nSPS) is 17.9. The van der Waals surface area contributed by atoms with Gasteiger partial charge in [0, 0.05) is 52.7 Å². The van der Waals surface area contributed by atoms with Gasteiger partial charge in [0.1, 0.15) is 35.8 Å². The number of carboxylic acids is 1. The smallest absolute Gasteiger partial charge is 0.490 e. The second-order valence-corrected chi connectivity index (χ2v) is 19.2. The molecule has 1 amide bonds. The third-order valence-electron chi connectivity index (χ3n) is 10.1. The number of phosphoric ester groups is 1. The lowest BCUT2D eigenvalue weighted by molar-refractivity contribution is -0.0423. The van der Waals surface area contributed by atoms with Crippen LogP contribution < -0.4 is 16.1 Å². The summed E-state index contributed by atoms with van der Waals surface area (Å²) in [5.41, 5.74) is 2.99. The Hall–Kier alpha value is -6.67. The number of hydrogen-bond donors (Lipinski definition) is 9. The predicted octanol–water partition coefficient (Wildman–Crippen LogP) is 4.49. The molecule has 5 atom stereocenters. The zero-order chi connectivity index (χ0) is 48.5. The van der Waals surface area contributed by atoms with E-state index in [1.54, 1.807) is 18.2 Å². The number of nitrogens with zero attached hydrogens (tertiary/aromatic N) is 4. The number of fused-ring (bicyclic) bond motifs is 3. The van der Waals surface area contributed by atoms with Crippen LogP contribution >= 0.6 is 23.5 Å². The number of aliphatic hydroxyl groups is 1. The predicted molar refractivity (Wildman–Crippen MR) is 236 cm³/mol. The molecule has 4 heterocycles. The molecule has 1 aliphatic carbocycles. The van der Waals surface area contributed by atoms with Gasteiger partial charge in [0.25, 0.3) is 5.91 Å². The number of rotatable bonds is 15. The number of carbonyl (C=O) groups is 2. The zero-order valence-corrected chi connectivity index (χ0v) is 37.2. The van der Waals surface area contributed by atoms with Crippen LogP contribution in [0.2, 0.25) is 0 Å². The van der Waals surface area contributed by atoms with Crippen molar-refractivity contribution >= 4 is 63.3 Å². The van der Waals surface area contributed by atoms with E-state index >= 15 is 0 Å². The van der Waals surface area contributed by atoms with Crippen molar-refractivity contribution in [2.24, 2.45) is 0 Å². The number of anilines is 1. The largest absolute Gasteiger partial charge is 0.508 e. The van der Waals surface area contributed by atoms with E-state index in [2.05, 4.69) is 50.6 Å². The number of imidazole rings is 1. The highest BCUT2D eigenvalue weighted by Crippen LogP contribution is 2.66. The van der Waals surface area contributed by atoms with Gasteiger partial charge in [-0.3, -0.25) is 18.7 Å². The number of hydrogen-bond acceptors (Lipinski definition) is 17. The van der Waals surface area contributed by atoms with Gasteiger partial charge in [0.05, 0.1) is 31.1 Å². The number of aromatic nitrogens is 4. The average molecular weight is 993 g/mol. The summed E-state index contributed by atoms with van der Waals surface area (Å²) >= 11 is 0. The molecule has 3 aliphatic rings. The summed E-state index contributed by atoms with van der Waals surface area (Å²) in [6.07, 6.45) is -0.910. The Morgan fingerprint density at radius 2 is 1.68 bits per heavy atom. The Labute approximate surface area is 381 Å². The van der Waals surface area contributed by atoms with Gasteiger partial charge in [-0.25, -0.2) is 33.4 Å². The lowest BCUT2D eigenvalue weighted by atomic mass is 9.89. The van der Waals surface area contributed by atoms with Crippen molar-refractivity contribution in [1.82, 2.24) is 24.8 Å². The molecule has 3 unspecified atom stereocenters. The number of aromatic hydroxyl groups is 1. The van der Waals surface area contributed by atoms with Crippen LogP contribution in [0.1, 0.15) is 44.5 Å². The van der Waals surface area contributed by atoms with Gasteiger partial charge >= 0.3 is 29.4 Å². The Morgan fingerprint density at radius 1 is 0.897 bits per heavy atom. The third-order valence-corrected chi connectivity index (χ3v) is 13.9. The van der Waals surface area contributed by atoms with E-state index in [0.29, 0.717) is 39.1 Å². The molecule has 2 aliphatic heterocycles. The molecule has 0 radical (unpaired) electrons. The number of ether oxygens (including phenoxy) is 1. The lowest BCUT2D eigenvalue weighted by Crippen LogP contribution is -2.26. The van der Waals surface area contributed by atoms with E-state index in [9.17, 15) is 53.2 Å². The van der Waals surface area contributed by atoms with Crippen LogP contribution in [-0.2, 0) is 38.1 Å². The second kappa shape index (κ2) is 19.1. The summed E-state index contributed by atoms with van der Waals surface area (Å²) in [6, 6.07) is 19.7. The number of aromatic carboxylic acids is 1. The SMILES string of the molecule is O=C(NCC#Cc1ccc(CNc2ncnc3c2ncn3[C@H]2CC(O)[C@@H](COP(=O)(O)OP(=O)(O)OP(=O)(O)O)O2)cc1)c1ccc(C(=O)O)c(-c2c3ccc(=O)cc-3oc3cc(O)ccc23)c1. The van der Waals surface area contributed by atoms with Crippen molar-refractivity contribution in [2.75, 3.05) is 18.5 Å². The van der Waals surface area contributed by atoms with E-state index < -0.39 is 60.4 Å². The van der Waals surface area contributed by atoms with E-state index in [1.165, 1.54) is 65.8 Å². The first-order chi connectivity index (χ1) is 32.2. The van der Waals surface area contributed by atoms with Gasteiger partial charge in [0.2, 0.25) is 0 Å². The van der Waals surface area contributed by atoms with Gasteiger partial charge in [-0.05, 0) is 65.7 Å². The lowest BCUT2D eigenvalue weighted by Gasteiger charge is -2.19. The molecule has 0 bridgehead atoms. The molecule has 1 saturated heterocycles. The first-order valence-corrected chi connectivity index (χ1v) is 24.2. The summed E-state index contributed by atoms with van der Waals surface area (Å²) < 4.78 is 59.8. The van der Waals surface area contributed by atoms with Crippen molar-refractivity contribution in [1.29, 1.82) is 0 Å². The number of nitrogens with one attached hydrogen (secondary N) is 2. The molecule has 27 heteroatoms. The molecule has 3 aromatic carbocycles. The third kappa shape index (κ3) is 11.0. The van der Waals surface area contributed by atoms with Crippen molar-refractivity contribution in [3.63, 3.8) is 0 Å². The molecule has 24 nitrogen and oxygen atoms in total. The van der Waals surface area contributed by atoms with Crippen LogP contribution in [0.5, 0.6) is 5.75 Å². The Bertz CT molecular complexity index is 3350. The molecule has 0 spiro atoms. The van der Waals surface area contributed by atoms with Crippen LogP contribution in [0.4, 0.5) is 5.82 Å². The standard InChI is InChI=1S/C41H35N6O18P3/c48-25-8-11-28-32(15-25)62-33-16-26(49)9-12-29(33)36(28)30-14-24(7-10-27(30)41(52)53)40(51)42-13-1-2-22-3-5-23(6-4-22)18-43-38-37-39(45-20-44-38)47(21-46-37)35-17-31(50)34(63-35)19-61-67(57,58)65-68(59,60)64-66(54,55)56/h3-12,14-16,20-21,31,34-35,48,50H,13,17-19H2,(H,42,51)(H,52,53)(H,57,58)(H,59,60)(H,43,44,45)(H2,54,55,56)/t31?,34-,35-/m1/s1. The van der Waals surface area contributed by atoms with Crippen LogP contribution in [0.3, 0.4) is 0 Å². The van der Waals surface area contributed by atoms with Crippen LogP contribution in [-0.4, -0.2) is 91.6 Å². The summed E-state index contributed by atoms with van der Waals surface area (Å²) in [5, 5.41) is 37.2. The fraction of sp³-hybridized carbons (Fsp3) is 0.171. The van der Waals surface area contributed by atoms with Crippen molar-refractivity contribution in [2.45, 2.75) is 31.4 Å². The number of phenolic OH excluding ortho intramolecular Hbond substituents is 1. The topological polar surface area (TPSA) is 362 Å². The summed E-state index contributed by atoms with van der Waals surface area (Å²) in [4.78, 5) is 87.4. The number of amides is 1. The summed E-state index contributed by atoms with van der Waals surface area (Å²) in [5.74, 6) is 4.51. The summed E-state index contributed by atoms with van der Waals surface area (Å²) in [7, 11) is -16.8. The maximum atomic E-state index is 13.3. The first-order valence-electron chi connectivity index (χ1n) is 19.7. The number of carboxylic acid groups (broad SMARTS) is 1. The highest BCUT2D eigenvalue weighted by molar-refractivity contribution is 7.66. The fourth-order valence-electron chi connectivity index (χ4n) is 7.19. The Kier molecular flexibility index (Phi) is 13.5. The van der Waals surface area contributed by atoms with E-state index in [0.717, 1.165) is 5.56 Å². The van der Waals surface area contributed by atoms with Crippen molar-refractivity contribution in [3.8, 4) is 40.0 Å². The average Bonchev–Trinajstić information content (AvgIpc) is 3.87. The molecular weight excluding hydrogens is 957 g/mol. The van der Waals surface area contributed by atoms with E-state index in [4.69, 9.17) is 18.9 Å². The highest BCUT2D eigenvalue weighted by atomic mass is 31.3. The van der Waals surface area contributed by atoms with Crippen LogP contribution in [0.25, 0.3) is 44.6 Å². The van der Waals surface area contributed by atoms with Gasteiger partial charge in [-0.1, -0.05) is 24.0 Å². The molecule has 68 heavy (non-hydrogen) atoms. The van der Waals surface area contributed by atoms with Gasteiger partial charge in [-0.2, -0.15) is 8.62 Å². The van der Waals surface area contributed by atoms with Crippen molar-refractivity contribution < 1.29 is 80.5 Å². The Morgan fingerprint density at radius 3 is 2.43 bits per heavy atom. The molecule has 1 fully saturated rings. The summed E-state index contributed by atoms with van der Waals surface area (Å²) in [6.45, 7) is -0.614. The zero-order valence-electron chi connectivity index (χ0n) is 34.5.